The zero-order valence-electron chi connectivity index (χ0n) is 17.1. The summed E-state index contributed by atoms with van der Waals surface area (Å²) in [4.78, 5) is 36.4. The third-order valence-electron chi connectivity index (χ3n) is 4.95. The number of aromatic nitrogens is 2. The Morgan fingerprint density at radius 1 is 1.21 bits per heavy atom. The van der Waals surface area contributed by atoms with Crippen molar-refractivity contribution >= 4 is 51.4 Å². The second-order valence-corrected chi connectivity index (χ2v) is 9.29. The molecular formula is C21H18FN5O4S2. The van der Waals surface area contributed by atoms with Crippen molar-refractivity contribution in [3.63, 3.8) is 0 Å². The van der Waals surface area contributed by atoms with E-state index in [4.69, 9.17) is 0 Å². The van der Waals surface area contributed by atoms with Gasteiger partial charge in [0, 0.05) is 42.5 Å². The van der Waals surface area contributed by atoms with Crippen LogP contribution in [0.2, 0.25) is 0 Å². The molecule has 1 fully saturated rings. The van der Waals surface area contributed by atoms with Crippen LogP contribution >= 0.6 is 23.1 Å². The van der Waals surface area contributed by atoms with Crippen LogP contribution in [0.25, 0.3) is 0 Å². The van der Waals surface area contributed by atoms with Crippen molar-refractivity contribution in [3.8, 4) is 0 Å². The van der Waals surface area contributed by atoms with Gasteiger partial charge in [0.25, 0.3) is 5.69 Å². The normalized spacial score (nSPS) is 15.6. The minimum atomic E-state index is -0.456. The van der Waals surface area contributed by atoms with E-state index in [9.17, 15) is 24.1 Å². The molecule has 1 N–H and O–H groups in total. The van der Waals surface area contributed by atoms with Crippen LogP contribution in [0, 0.1) is 15.9 Å². The van der Waals surface area contributed by atoms with Gasteiger partial charge < -0.3 is 4.90 Å². The molecule has 0 spiro atoms. The number of carbonyl (C=O) groups excluding carboxylic acids is 2. The first-order valence-electron chi connectivity index (χ1n) is 9.89. The number of non-ortho nitro benzene ring substituents is 1. The van der Waals surface area contributed by atoms with Crippen LogP contribution in [0.4, 0.5) is 20.9 Å². The number of hydrogen-bond donors (Lipinski definition) is 1. The van der Waals surface area contributed by atoms with Crippen molar-refractivity contribution < 1.29 is 18.9 Å². The van der Waals surface area contributed by atoms with E-state index >= 15 is 0 Å². The highest BCUT2D eigenvalue weighted by atomic mass is 32.2. The summed E-state index contributed by atoms with van der Waals surface area (Å²) in [6, 6.07) is 12.0. The molecule has 2 heterocycles. The molecule has 0 aliphatic carbocycles. The smallest absolute Gasteiger partial charge is 0.269 e. The van der Waals surface area contributed by atoms with Gasteiger partial charge in [-0.25, -0.2) is 4.39 Å². The number of benzene rings is 2. The van der Waals surface area contributed by atoms with Gasteiger partial charge in [0.05, 0.1) is 10.7 Å². The summed E-state index contributed by atoms with van der Waals surface area (Å²) in [6.45, 7) is 0.415. The molecule has 1 aliphatic heterocycles. The van der Waals surface area contributed by atoms with Gasteiger partial charge in [-0.15, -0.1) is 22.0 Å². The summed E-state index contributed by atoms with van der Waals surface area (Å²) in [5.74, 6) is -0.0998. The molecule has 3 aromatic rings. The fourth-order valence-corrected chi connectivity index (χ4v) is 4.96. The lowest BCUT2D eigenvalue weighted by molar-refractivity contribution is -0.384. The fraction of sp³-hybridized carbons (Fsp3) is 0.238. The van der Waals surface area contributed by atoms with Crippen LogP contribution in [0.5, 0.6) is 0 Å². The number of nitrogens with one attached hydrogen (secondary N) is 1. The largest absolute Gasteiger partial charge is 0.312 e. The van der Waals surface area contributed by atoms with E-state index in [2.05, 4.69) is 15.5 Å². The van der Waals surface area contributed by atoms with Gasteiger partial charge in [0.2, 0.25) is 16.9 Å². The molecule has 9 nitrogen and oxygen atoms in total. The molecule has 4 rings (SSSR count). The lowest BCUT2D eigenvalue weighted by Crippen LogP contribution is -2.24. The molecule has 1 unspecified atom stereocenters. The molecule has 1 saturated heterocycles. The van der Waals surface area contributed by atoms with Crippen LogP contribution in [0.1, 0.15) is 22.9 Å². The van der Waals surface area contributed by atoms with Crippen molar-refractivity contribution in [2.24, 2.45) is 0 Å². The monoisotopic (exact) mass is 487 g/mol. The minimum absolute atomic E-state index is 0.0262. The van der Waals surface area contributed by atoms with E-state index in [0.29, 0.717) is 28.1 Å². The Morgan fingerprint density at radius 3 is 2.64 bits per heavy atom. The molecule has 12 heteroatoms. The van der Waals surface area contributed by atoms with Gasteiger partial charge >= 0.3 is 0 Å². The fourth-order valence-electron chi connectivity index (χ4n) is 3.32. The van der Waals surface area contributed by atoms with E-state index in [-0.39, 0.29) is 41.4 Å². The van der Waals surface area contributed by atoms with Gasteiger partial charge in [-0.1, -0.05) is 23.5 Å². The Bertz CT molecular complexity index is 1170. The third kappa shape index (κ3) is 5.71. The van der Waals surface area contributed by atoms with E-state index in [1.807, 2.05) is 0 Å². The Balaban J connectivity index is 1.27. The van der Waals surface area contributed by atoms with Crippen LogP contribution in [0.15, 0.2) is 48.5 Å². The van der Waals surface area contributed by atoms with Gasteiger partial charge in [-0.05, 0) is 29.8 Å². The predicted octanol–water partition coefficient (Wildman–Crippen LogP) is 3.98. The topological polar surface area (TPSA) is 118 Å². The predicted molar refractivity (Wildman–Crippen MR) is 124 cm³/mol. The highest BCUT2D eigenvalue weighted by molar-refractivity contribution is 7.99. The molecule has 0 radical (unpaired) electrons. The van der Waals surface area contributed by atoms with Crippen LogP contribution in [-0.2, 0) is 15.3 Å². The summed E-state index contributed by atoms with van der Waals surface area (Å²) in [6.07, 6.45) is 0.269. The molecule has 170 valence electrons. The lowest BCUT2D eigenvalue weighted by atomic mass is 10.1. The lowest BCUT2D eigenvalue weighted by Gasteiger charge is -2.16. The molecular weight excluding hydrogens is 469 g/mol. The second kappa shape index (κ2) is 10.0. The number of hydrogen-bond acceptors (Lipinski definition) is 8. The summed E-state index contributed by atoms with van der Waals surface area (Å²) >= 11 is 2.60. The zero-order chi connectivity index (χ0) is 23.4. The van der Waals surface area contributed by atoms with E-state index in [1.54, 1.807) is 29.2 Å². The van der Waals surface area contributed by atoms with Crippen LogP contribution < -0.4 is 10.2 Å². The number of nitro benzene ring substituents is 1. The van der Waals surface area contributed by atoms with Gasteiger partial charge in [0.1, 0.15) is 10.8 Å². The number of nitro groups is 1. The Hall–Kier alpha value is -3.38. The average molecular weight is 488 g/mol. The highest BCUT2D eigenvalue weighted by Crippen LogP contribution is 2.34. The first-order valence-corrected chi connectivity index (χ1v) is 11.9. The molecule has 0 bridgehead atoms. The van der Waals surface area contributed by atoms with Crippen molar-refractivity contribution in [1.82, 2.24) is 10.2 Å². The number of halogens is 1. The Kier molecular flexibility index (Phi) is 6.94. The van der Waals surface area contributed by atoms with E-state index in [1.165, 1.54) is 47.4 Å². The second-order valence-electron chi connectivity index (χ2n) is 7.29. The quantitative estimate of drug-likeness (QED) is 0.377. The highest BCUT2D eigenvalue weighted by Gasteiger charge is 2.34. The number of anilines is 2. The minimum Gasteiger partial charge on any atom is -0.312 e. The standard InChI is InChI=1S/C21H18FN5O4S2/c22-15-3-7-16(8-4-15)26-10-14(9-19(26)29)20-24-25-21(33-20)23-18(28)12-32-11-13-1-5-17(6-2-13)27(30)31/h1-8,14H,9-12H2,(H,23,25,28). The first-order chi connectivity index (χ1) is 15.9. The van der Waals surface area contributed by atoms with Crippen LogP contribution in [-0.4, -0.2) is 39.2 Å². The molecule has 1 aromatic heterocycles. The van der Waals surface area contributed by atoms with Gasteiger partial charge in [0.15, 0.2) is 0 Å². The summed E-state index contributed by atoms with van der Waals surface area (Å²) in [5, 5.41) is 22.6. The van der Waals surface area contributed by atoms with Crippen molar-refractivity contribution in [3.05, 3.63) is 75.0 Å². The Labute approximate surface area is 196 Å². The summed E-state index contributed by atoms with van der Waals surface area (Å²) in [5.41, 5.74) is 1.54. The third-order valence-corrected chi connectivity index (χ3v) is 6.95. The van der Waals surface area contributed by atoms with Crippen molar-refractivity contribution in [2.45, 2.75) is 18.1 Å². The molecule has 2 amide bonds. The Morgan fingerprint density at radius 2 is 1.94 bits per heavy atom. The molecule has 1 aliphatic rings. The number of nitrogens with zero attached hydrogens (tertiary/aromatic N) is 4. The average Bonchev–Trinajstić information content (AvgIpc) is 3.41. The molecule has 33 heavy (non-hydrogen) atoms. The number of carbonyl (C=O) groups is 2. The maximum absolute atomic E-state index is 13.1. The zero-order valence-corrected chi connectivity index (χ0v) is 18.8. The number of rotatable bonds is 8. The first kappa shape index (κ1) is 22.8. The summed E-state index contributed by atoms with van der Waals surface area (Å²) in [7, 11) is 0. The molecule has 1 atom stereocenters. The number of amides is 2. The SMILES string of the molecule is O=C(CSCc1ccc([N+](=O)[O-])cc1)Nc1nnc(C2CC(=O)N(c3ccc(F)cc3)C2)s1. The van der Waals surface area contributed by atoms with Gasteiger partial charge in [-0.3, -0.25) is 25.0 Å². The number of thioether (sulfide) groups is 1. The van der Waals surface area contributed by atoms with Crippen LogP contribution in [0.3, 0.4) is 0 Å². The maximum atomic E-state index is 13.1. The van der Waals surface area contributed by atoms with Crippen molar-refractivity contribution in [2.75, 3.05) is 22.5 Å². The summed E-state index contributed by atoms with van der Waals surface area (Å²) < 4.78 is 13.1. The van der Waals surface area contributed by atoms with Crippen molar-refractivity contribution in [1.29, 1.82) is 0 Å². The molecule has 0 saturated carbocycles. The van der Waals surface area contributed by atoms with E-state index < -0.39 is 4.92 Å². The molecule has 2 aromatic carbocycles. The van der Waals surface area contributed by atoms with Gasteiger partial charge in [-0.2, -0.15) is 0 Å². The van der Waals surface area contributed by atoms with E-state index in [0.717, 1.165) is 5.56 Å². The maximum Gasteiger partial charge on any atom is 0.269 e.